The molecule has 8 nitrogen and oxygen atoms in total. The van der Waals surface area contributed by atoms with Gasteiger partial charge in [-0.2, -0.15) is 5.10 Å². The fourth-order valence-electron chi connectivity index (χ4n) is 2.93. The van der Waals surface area contributed by atoms with E-state index in [1.54, 1.807) is 13.3 Å². The highest BCUT2D eigenvalue weighted by molar-refractivity contribution is 7.98. The lowest BCUT2D eigenvalue weighted by atomic mass is 10.2. The molecule has 0 bridgehead atoms. The third kappa shape index (κ3) is 6.05. The molecule has 3 N–H and O–H groups in total. The van der Waals surface area contributed by atoms with Crippen LogP contribution in [0.2, 0.25) is 0 Å². The summed E-state index contributed by atoms with van der Waals surface area (Å²) in [4.78, 5) is 0. The van der Waals surface area contributed by atoms with Gasteiger partial charge in [0.15, 0.2) is 0 Å². The zero-order chi connectivity index (χ0) is 22.9. The van der Waals surface area contributed by atoms with E-state index < -0.39 is 0 Å². The quantitative estimate of drug-likeness (QED) is 0.157. The normalized spacial score (nSPS) is 10.9. The first-order valence-corrected chi connectivity index (χ1v) is 11.2. The maximum Gasteiger partial charge on any atom is 0.264 e. The van der Waals surface area contributed by atoms with E-state index in [0.717, 1.165) is 28.2 Å². The number of nitrogens with two attached hydrogens (primary N) is 1. The average Bonchev–Trinajstić information content (AvgIpc) is 3.22. The zero-order valence-electron chi connectivity index (χ0n) is 18.1. The number of aromatic nitrogens is 3. The molecular weight excluding hydrogens is 436 g/mol. The Bertz CT molecular complexity index is 1200. The standard InChI is InChI=1S/C24H24N6O2S/c1-31-21-13-11-19(12-14-21)17-33-24-29-28-23(30(24)25)27-26-15-20-9-5-6-10-22(20)32-16-18-7-3-2-4-8-18/h2-15H,16-17,25H2,1H3,(H,27,28)/b26-15+. The molecule has 9 heteroatoms. The summed E-state index contributed by atoms with van der Waals surface area (Å²) in [7, 11) is 1.65. The number of methoxy groups -OCH3 is 1. The Morgan fingerprint density at radius 2 is 1.73 bits per heavy atom. The molecule has 33 heavy (non-hydrogen) atoms. The molecule has 168 valence electrons. The number of anilines is 1. The van der Waals surface area contributed by atoms with Gasteiger partial charge in [0, 0.05) is 11.3 Å². The van der Waals surface area contributed by atoms with Gasteiger partial charge >= 0.3 is 0 Å². The summed E-state index contributed by atoms with van der Waals surface area (Å²) >= 11 is 1.48. The number of ether oxygens (including phenoxy) is 2. The van der Waals surface area contributed by atoms with Crippen molar-refractivity contribution in [3.05, 3.63) is 95.6 Å². The van der Waals surface area contributed by atoms with Gasteiger partial charge in [0.2, 0.25) is 5.16 Å². The Balaban J connectivity index is 1.34. The topological polar surface area (TPSA) is 99.6 Å². The van der Waals surface area contributed by atoms with Crippen molar-refractivity contribution in [2.45, 2.75) is 17.5 Å². The van der Waals surface area contributed by atoms with Gasteiger partial charge in [-0.25, -0.2) is 10.1 Å². The first kappa shape index (κ1) is 22.2. The largest absolute Gasteiger partial charge is 0.497 e. The summed E-state index contributed by atoms with van der Waals surface area (Å²) in [5, 5.41) is 13.0. The Hall–Kier alpha value is -3.98. The molecule has 0 saturated carbocycles. The van der Waals surface area contributed by atoms with E-state index in [9.17, 15) is 0 Å². The van der Waals surface area contributed by atoms with Crippen LogP contribution in [0, 0.1) is 0 Å². The highest BCUT2D eigenvalue weighted by Gasteiger charge is 2.10. The van der Waals surface area contributed by atoms with Crippen molar-refractivity contribution in [1.82, 2.24) is 14.9 Å². The maximum absolute atomic E-state index is 6.12. The molecule has 4 aromatic rings. The predicted molar refractivity (Wildman–Crippen MR) is 131 cm³/mol. The lowest BCUT2D eigenvalue weighted by molar-refractivity contribution is 0.306. The van der Waals surface area contributed by atoms with Crippen LogP contribution in [0.15, 0.2) is 89.1 Å². The second-order valence-electron chi connectivity index (χ2n) is 7.00. The minimum atomic E-state index is 0.339. The SMILES string of the molecule is COc1ccc(CSc2nnc(N/N=C/c3ccccc3OCc3ccccc3)n2N)cc1. The second kappa shape index (κ2) is 11.1. The third-order valence-electron chi connectivity index (χ3n) is 4.72. The Kier molecular flexibility index (Phi) is 7.44. The van der Waals surface area contributed by atoms with Crippen LogP contribution in [0.4, 0.5) is 5.95 Å². The van der Waals surface area contributed by atoms with Gasteiger partial charge in [0.25, 0.3) is 5.95 Å². The van der Waals surface area contributed by atoms with Crippen molar-refractivity contribution in [1.29, 1.82) is 0 Å². The van der Waals surface area contributed by atoms with E-state index >= 15 is 0 Å². The lowest BCUT2D eigenvalue weighted by Crippen LogP contribution is -2.13. The molecule has 1 heterocycles. The molecule has 0 aliphatic heterocycles. The Morgan fingerprint density at radius 1 is 0.970 bits per heavy atom. The molecule has 1 aromatic heterocycles. The number of para-hydroxylation sites is 1. The molecule has 0 atom stereocenters. The van der Waals surface area contributed by atoms with Gasteiger partial charge in [-0.05, 0) is 35.4 Å². The average molecular weight is 461 g/mol. The molecule has 0 saturated heterocycles. The van der Waals surface area contributed by atoms with E-state index in [1.165, 1.54) is 16.4 Å². The van der Waals surface area contributed by atoms with Gasteiger partial charge in [0.1, 0.15) is 18.1 Å². The summed E-state index contributed by atoms with van der Waals surface area (Å²) in [6.07, 6.45) is 1.67. The van der Waals surface area contributed by atoms with Crippen LogP contribution < -0.4 is 20.7 Å². The Labute approximate surface area is 196 Å². The van der Waals surface area contributed by atoms with Crippen LogP contribution in [-0.2, 0) is 12.4 Å². The van der Waals surface area contributed by atoms with E-state index in [1.807, 2.05) is 78.9 Å². The van der Waals surface area contributed by atoms with E-state index in [0.29, 0.717) is 23.5 Å². The van der Waals surface area contributed by atoms with Crippen molar-refractivity contribution >= 4 is 23.9 Å². The molecular formula is C24H24N6O2S. The Morgan fingerprint density at radius 3 is 2.52 bits per heavy atom. The van der Waals surface area contributed by atoms with E-state index in [-0.39, 0.29) is 0 Å². The number of hydrogen-bond donors (Lipinski definition) is 2. The number of nitrogens with zero attached hydrogens (tertiary/aromatic N) is 4. The molecule has 0 aliphatic carbocycles. The number of nitrogens with one attached hydrogen (secondary N) is 1. The highest BCUT2D eigenvalue weighted by atomic mass is 32.2. The third-order valence-corrected chi connectivity index (χ3v) is 5.73. The van der Waals surface area contributed by atoms with Crippen molar-refractivity contribution in [2.24, 2.45) is 5.10 Å². The minimum absolute atomic E-state index is 0.339. The van der Waals surface area contributed by atoms with Crippen LogP contribution in [0.5, 0.6) is 11.5 Å². The molecule has 0 aliphatic rings. The van der Waals surface area contributed by atoms with Gasteiger partial charge < -0.3 is 15.3 Å². The minimum Gasteiger partial charge on any atom is -0.497 e. The highest BCUT2D eigenvalue weighted by Crippen LogP contribution is 2.23. The van der Waals surface area contributed by atoms with Gasteiger partial charge in [0.05, 0.1) is 13.3 Å². The van der Waals surface area contributed by atoms with Crippen molar-refractivity contribution in [2.75, 3.05) is 18.4 Å². The molecule has 0 fully saturated rings. The van der Waals surface area contributed by atoms with Crippen molar-refractivity contribution in [3.8, 4) is 11.5 Å². The first-order chi connectivity index (χ1) is 16.2. The summed E-state index contributed by atoms with van der Waals surface area (Å²) in [6, 6.07) is 25.5. The van der Waals surface area contributed by atoms with Crippen molar-refractivity contribution in [3.63, 3.8) is 0 Å². The van der Waals surface area contributed by atoms with Crippen LogP contribution in [0.25, 0.3) is 0 Å². The maximum atomic E-state index is 6.12. The molecule has 0 spiro atoms. The van der Waals surface area contributed by atoms with Crippen LogP contribution in [-0.4, -0.2) is 28.2 Å². The first-order valence-electron chi connectivity index (χ1n) is 10.2. The smallest absolute Gasteiger partial charge is 0.264 e. The van der Waals surface area contributed by atoms with Crippen molar-refractivity contribution < 1.29 is 9.47 Å². The molecule has 0 radical (unpaired) electrons. The fraction of sp³-hybridized carbons (Fsp3) is 0.125. The summed E-state index contributed by atoms with van der Waals surface area (Å²) in [5.41, 5.74) is 5.90. The van der Waals surface area contributed by atoms with E-state index in [2.05, 4.69) is 20.7 Å². The fourth-order valence-corrected chi connectivity index (χ4v) is 3.75. The monoisotopic (exact) mass is 460 g/mol. The number of benzene rings is 3. The summed E-state index contributed by atoms with van der Waals surface area (Å²) in [5.74, 6) is 8.72. The van der Waals surface area contributed by atoms with Crippen LogP contribution in [0.3, 0.4) is 0 Å². The van der Waals surface area contributed by atoms with Gasteiger partial charge in [-0.15, -0.1) is 10.2 Å². The predicted octanol–water partition coefficient (Wildman–Crippen LogP) is 4.32. The zero-order valence-corrected chi connectivity index (χ0v) is 18.9. The van der Waals surface area contributed by atoms with Gasteiger partial charge in [-0.3, -0.25) is 0 Å². The molecule has 3 aromatic carbocycles. The van der Waals surface area contributed by atoms with E-state index in [4.69, 9.17) is 15.3 Å². The van der Waals surface area contributed by atoms with Crippen LogP contribution in [0.1, 0.15) is 16.7 Å². The lowest BCUT2D eigenvalue weighted by Gasteiger charge is -2.09. The number of hydrogen-bond acceptors (Lipinski definition) is 8. The summed E-state index contributed by atoms with van der Waals surface area (Å²) < 4.78 is 12.5. The van der Waals surface area contributed by atoms with Crippen LogP contribution >= 0.6 is 11.8 Å². The number of hydrazone groups is 1. The molecule has 0 unspecified atom stereocenters. The summed E-state index contributed by atoms with van der Waals surface area (Å²) in [6.45, 7) is 0.477. The number of rotatable bonds is 10. The number of nitrogen functional groups attached to an aromatic ring is 1. The molecule has 4 rings (SSSR count). The molecule has 0 amide bonds. The second-order valence-corrected chi connectivity index (χ2v) is 7.94. The number of thioether (sulfide) groups is 1. The van der Waals surface area contributed by atoms with Gasteiger partial charge in [-0.1, -0.05) is 66.4 Å².